The highest BCUT2D eigenvalue weighted by Gasteiger charge is 2.20. The molecular weight excluding hydrogens is 412 g/mol. The van der Waals surface area contributed by atoms with Crippen molar-refractivity contribution in [1.82, 2.24) is 4.57 Å². The molecule has 0 radical (unpaired) electrons. The van der Waals surface area contributed by atoms with Crippen LogP contribution in [0.1, 0.15) is 29.1 Å². The third-order valence-electron chi connectivity index (χ3n) is 5.06. The Morgan fingerprint density at radius 2 is 1.61 bits per heavy atom. The van der Waals surface area contributed by atoms with Crippen molar-refractivity contribution >= 4 is 50.0 Å². The van der Waals surface area contributed by atoms with Crippen LogP contribution in [0.2, 0.25) is 0 Å². The van der Waals surface area contributed by atoms with Gasteiger partial charge in [0.2, 0.25) is 5.91 Å². The van der Waals surface area contributed by atoms with E-state index in [-0.39, 0.29) is 24.5 Å². The molecular formula is C24H22N2O4S. The zero-order valence-corrected chi connectivity index (χ0v) is 18.1. The van der Waals surface area contributed by atoms with E-state index in [2.05, 4.69) is 5.32 Å². The quantitative estimate of drug-likeness (QED) is 0.356. The van der Waals surface area contributed by atoms with Gasteiger partial charge in [-0.1, -0.05) is 31.2 Å². The first-order valence-electron chi connectivity index (χ1n) is 10.1. The van der Waals surface area contributed by atoms with E-state index >= 15 is 0 Å². The molecule has 0 atom stereocenters. The molecule has 0 fully saturated rings. The number of benzene rings is 2. The van der Waals surface area contributed by atoms with Crippen LogP contribution in [0.3, 0.4) is 0 Å². The van der Waals surface area contributed by atoms with Crippen molar-refractivity contribution in [3.63, 3.8) is 0 Å². The number of thiophene rings is 1. The van der Waals surface area contributed by atoms with Gasteiger partial charge in [-0.15, -0.1) is 11.3 Å². The molecule has 0 unspecified atom stereocenters. The lowest BCUT2D eigenvalue weighted by molar-refractivity contribution is -0.116. The number of carbonyl (C=O) groups excluding carboxylic acids is 2. The van der Waals surface area contributed by atoms with Gasteiger partial charge in [0.15, 0.2) is 5.43 Å². The van der Waals surface area contributed by atoms with Gasteiger partial charge in [0.25, 0.3) is 0 Å². The van der Waals surface area contributed by atoms with Crippen LogP contribution in [0.4, 0.5) is 5.00 Å². The zero-order chi connectivity index (χ0) is 22.0. The minimum Gasteiger partial charge on any atom is -0.462 e. The van der Waals surface area contributed by atoms with Crippen LogP contribution in [0.5, 0.6) is 0 Å². The number of fused-ring (bicyclic) bond motifs is 2. The second-order valence-corrected chi connectivity index (χ2v) is 8.16. The van der Waals surface area contributed by atoms with E-state index in [1.807, 2.05) is 47.9 Å². The summed E-state index contributed by atoms with van der Waals surface area (Å²) in [5.74, 6) is -0.734. The number of nitrogens with one attached hydrogen (secondary N) is 1. The number of rotatable bonds is 6. The lowest BCUT2D eigenvalue weighted by atomic mass is 10.1. The maximum absolute atomic E-state index is 13.0. The van der Waals surface area contributed by atoms with Crippen molar-refractivity contribution in [3.8, 4) is 0 Å². The number of esters is 1. The molecule has 0 spiro atoms. The molecule has 0 aliphatic heterocycles. The predicted octanol–water partition coefficient (Wildman–Crippen LogP) is 4.59. The van der Waals surface area contributed by atoms with Gasteiger partial charge >= 0.3 is 5.97 Å². The molecule has 4 rings (SSSR count). The summed E-state index contributed by atoms with van der Waals surface area (Å²) in [6, 6.07) is 16.3. The highest BCUT2D eigenvalue weighted by Crippen LogP contribution is 2.29. The van der Waals surface area contributed by atoms with E-state index in [1.54, 1.807) is 25.1 Å². The summed E-state index contributed by atoms with van der Waals surface area (Å²) >= 11 is 1.37. The van der Waals surface area contributed by atoms with Gasteiger partial charge in [-0.3, -0.25) is 9.59 Å². The average molecular weight is 435 g/mol. The number of aryl methyl sites for hydroxylation is 1. The van der Waals surface area contributed by atoms with Crippen molar-refractivity contribution in [2.75, 3.05) is 11.9 Å². The second kappa shape index (κ2) is 8.73. The minimum absolute atomic E-state index is 0.00291. The summed E-state index contributed by atoms with van der Waals surface area (Å²) in [4.78, 5) is 39.2. The van der Waals surface area contributed by atoms with E-state index in [0.717, 1.165) is 11.3 Å². The van der Waals surface area contributed by atoms with E-state index in [0.29, 0.717) is 32.4 Å². The van der Waals surface area contributed by atoms with Crippen LogP contribution >= 0.6 is 11.3 Å². The molecule has 0 bridgehead atoms. The van der Waals surface area contributed by atoms with Gasteiger partial charge in [-0.25, -0.2) is 4.79 Å². The minimum atomic E-state index is -0.451. The number of hydrogen-bond donors (Lipinski definition) is 1. The van der Waals surface area contributed by atoms with Crippen molar-refractivity contribution < 1.29 is 14.3 Å². The molecule has 158 valence electrons. The molecule has 4 aromatic rings. The molecule has 0 saturated heterocycles. The van der Waals surface area contributed by atoms with Gasteiger partial charge in [0, 0.05) is 15.6 Å². The first-order chi connectivity index (χ1) is 15.0. The highest BCUT2D eigenvalue weighted by molar-refractivity contribution is 7.16. The monoisotopic (exact) mass is 434 g/mol. The number of anilines is 1. The molecule has 0 saturated carbocycles. The second-order valence-electron chi connectivity index (χ2n) is 7.03. The maximum Gasteiger partial charge on any atom is 0.341 e. The smallest absolute Gasteiger partial charge is 0.341 e. The normalized spacial score (nSPS) is 11.0. The summed E-state index contributed by atoms with van der Waals surface area (Å²) < 4.78 is 6.96. The molecule has 1 N–H and O–H groups in total. The molecule has 1 amide bonds. The molecule has 0 aliphatic rings. The van der Waals surface area contributed by atoms with Gasteiger partial charge < -0.3 is 14.6 Å². The number of pyridine rings is 1. The third kappa shape index (κ3) is 3.96. The third-order valence-corrected chi connectivity index (χ3v) is 6.26. The Balaban J connectivity index is 1.73. The van der Waals surface area contributed by atoms with Crippen molar-refractivity contribution in [2.24, 2.45) is 0 Å². The van der Waals surface area contributed by atoms with E-state index in [1.165, 1.54) is 11.3 Å². The highest BCUT2D eigenvalue weighted by atomic mass is 32.1. The number of nitrogens with zero attached hydrogens (tertiary/aromatic N) is 1. The number of ether oxygens (including phenoxy) is 1. The first kappa shape index (κ1) is 20.8. The maximum atomic E-state index is 13.0. The molecule has 2 heterocycles. The number of para-hydroxylation sites is 2. The van der Waals surface area contributed by atoms with Gasteiger partial charge in [0.05, 0.1) is 23.2 Å². The van der Waals surface area contributed by atoms with Gasteiger partial charge in [-0.2, -0.15) is 0 Å². The summed E-state index contributed by atoms with van der Waals surface area (Å²) in [6.07, 6.45) is 0.752. The van der Waals surface area contributed by atoms with E-state index in [4.69, 9.17) is 4.74 Å². The van der Waals surface area contributed by atoms with Gasteiger partial charge in [-0.05, 0) is 43.7 Å². The van der Waals surface area contributed by atoms with E-state index < -0.39 is 5.97 Å². The molecule has 7 heteroatoms. The SMILES string of the molecule is CCOC(=O)c1cc(CC)sc1NC(=O)Cn1c2ccccc2c(=O)c2ccccc21. The number of amides is 1. The Bertz CT molecular complexity index is 1290. The molecule has 6 nitrogen and oxygen atoms in total. The lowest BCUT2D eigenvalue weighted by Gasteiger charge is -2.15. The summed E-state index contributed by atoms with van der Waals surface area (Å²) in [6.45, 7) is 4.00. The van der Waals surface area contributed by atoms with Crippen LogP contribution in [-0.4, -0.2) is 23.1 Å². The molecule has 2 aromatic heterocycles. The lowest BCUT2D eigenvalue weighted by Crippen LogP contribution is -2.22. The Hall–Kier alpha value is -3.45. The number of carbonyl (C=O) groups is 2. The van der Waals surface area contributed by atoms with Crippen molar-refractivity contribution in [2.45, 2.75) is 26.8 Å². The predicted molar refractivity (Wildman–Crippen MR) is 124 cm³/mol. The van der Waals surface area contributed by atoms with Crippen LogP contribution in [0.15, 0.2) is 59.4 Å². The Morgan fingerprint density at radius 1 is 1.00 bits per heavy atom. The Morgan fingerprint density at radius 3 is 2.19 bits per heavy atom. The fourth-order valence-corrected chi connectivity index (χ4v) is 4.63. The summed E-state index contributed by atoms with van der Waals surface area (Å²) in [7, 11) is 0. The molecule has 2 aromatic carbocycles. The fourth-order valence-electron chi connectivity index (χ4n) is 3.63. The largest absolute Gasteiger partial charge is 0.462 e. The standard InChI is InChI=1S/C24H22N2O4S/c1-3-15-13-18(24(29)30-4-2)23(31-15)25-21(27)14-26-19-11-7-5-9-16(19)22(28)17-10-6-8-12-20(17)26/h5-13H,3-4,14H2,1-2H3,(H,25,27). The van der Waals surface area contributed by atoms with E-state index in [9.17, 15) is 14.4 Å². The van der Waals surface area contributed by atoms with Gasteiger partial charge in [0.1, 0.15) is 11.5 Å². The van der Waals surface area contributed by atoms with Crippen LogP contribution in [0, 0.1) is 0 Å². The summed E-state index contributed by atoms with van der Waals surface area (Å²) in [5, 5.41) is 4.48. The topological polar surface area (TPSA) is 77.4 Å². The zero-order valence-electron chi connectivity index (χ0n) is 17.3. The van der Waals surface area contributed by atoms with Crippen LogP contribution in [0.25, 0.3) is 21.8 Å². The average Bonchev–Trinajstić information content (AvgIpc) is 3.19. The first-order valence-corrected chi connectivity index (χ1v) is 10.9. The fraction of sp³-hybridized carbons (Fsp3) is 0.208. The molecule has 31 heavy (non-hydrogen) atoms. The van der Waals surface area contributed by atoms with Crippen molar-refractivity contribution in [3.05, 3.63) is 75.3 Å². The molecule has 0 aliphatic carbocycles. The number of aromatic nitrogens is 1. The Labute approximate surface area is 183 Å². The number of hydrogen-bond acceptors (Lipinski definition) is 5. The summed E-state index contributed by atoms with van der Waals surface area (Å²) in [5.41, 5.74) is 1.68. The van der Waals surface area contributed by atoms with Crippen LogP contribution in [-0.2, 0) is 22.5 Å². The van der Waals surface area contributed by atoms with Crippen LogP contribution < -0.4 is 10.7 Å². The van der Waals surface area contributed by atoms with Crippen molar-refractivity contribution in [1.29, 1.82) is 0 Å². The Kier molecular flexibility index (Phi) is 5.86.